The Kier molecular flexibility index (Phi) is 5.15. The Labute approximate surface area is 163 Å². The average Bonchev–Trinajstić information content (AvgIpc) is 3.16. The number of halogens is 1. The van der Waals surface area contributed by atoms with Gasteiger partial charge in [0.15, 0.2) is 11.0 Å². The van der Waals surface area contributed by atoms with Crippen LogP contribution in [-0.2, 0) is 24.2 Å². The third-order valence-corrected chi connectivity index (χ3v) is 4.45. The van der Waals surface area contributed by atoms with E-state index in [1.165, 1.54) is 0 Å². The number of fused-ring (bicyclic) bond motifs is 1. The minimum absolute atomic E-state index is 0.174. The lowest BCUT2D eigenvalue weighted by molar-refractivity contribution is 0.0241. The van der Waals surface area contributed by atoms with E-state index in [2.05, 4.69) is 15.3 Å². The van der Waals surface area contributed by atoms with Crippen LogP contribution >= 0.6 is 11.6 Å². The fourth-order valence-corrected chi connectivity index (χ4v) is 3.11. The van der Waals surface area contributed by atoms with E-state index < -0.39 is 5.60 Å². The average molecular weight is 391 g/mol. The number of aromatic amines is 1. The highest BCUT2D eigenvalue weighted by atomic mass is 35.5. The number of H-pyrrole nitrogens is 1. The van der Waals surface area contributed by atoms with Gasteiger partial charge in [-0.15, -0.1) is 0 Å². The van der Waals surface area contributed by atoms with E-state index in [-0.39, 0.29) is 17.8 Å². The third kappa shape index (κ3) is 4.42. The third-order valence-electron chi connectivity index (χ3n) is 4.14. The standard InChI is InChI=1S/C19H23ClN4O3/c1-5-14-15(20)23-16(22-14)17(25)21-13-7-6-11-9-24(10-12(11)8-13)18(26)27-19(2,3)4/h6-8H,5,9-10H2,1-4H3,(H,21,25)(H,22,23). The minimum Gasteiger partial charge on any atom is -0.444 e. The summed E-state index contributed by atoms with van der Waals surface area (Å²) >= 11 is 5.99. The van der Waals surface area contributed by atoms with Crippen molar-refractivity contribution in [1.82, 2.24) is 14.9 Å². The molecule has 0 saturated carbocycles. The van der Waals surface area contributed by atoms with Crippen LogP contribution in [0.2, 0.25) is 5.15 Å². The number of amides is 2. The van der Waals surface area contributed by atoms with Gasteiger partial charge < -0.3 is 15.0 Å². The van der Waals surface area contributed by atoms with Crippen molar-refractivity contribution < 1.29 is 14.3 Å². The molecule has 2 aromatic rings. The lowest BCUT2D eigenvalue weighted by Crippen LogP contribution is -2.33. The SMILES string of the molecule is CCc1[nH]c(C(=O)Nc2ccc3c(c2)CN(C(=O)OC(C)(C)C)C3)nc1Cl. The Bertz CT molecular complexity index is 886. The lowest BCUT2D eigenvalue weighted by Gasteiger charge is -2.24. The molecule has 3 rings (SSSR count). The van der Waals surface area contributed by atoms with E-state index >= 15 is 0 Å². The van der Waals surface area contributed by atoms with Crippen LogP contribution in [0.3, 0.4) is 0 Å². The molecule has 2 heterocycles. The van der Waals surface area contributed by atoms with Gasteiger partial charge in [-0.3, -0.25) is 9.69 Å². The molecule has 2 N–H and O–H groups in total. The molecule has 144 valence electrons. The molecular weight excluding hydrogens is 368 g/mol. The normalized spacial score (nSPS) is 13.4. The number of carbonyl (C=O) groups excluding carboxylic acids is 2. The van der Waals surface area contributed by atoms with E-state index in [0.717, 1.165) is 16.8 Å². The second kappa shape index (κ2) is 7.23. The summed E-state index contributed by atoms with van der Waals surface area (Å²) in [5, 5.41) is 3.12. The monoisotopic (exact) mass is 390 g/mol. The second-order valence-electron chi connectivity index (χ2n) is 7.48. The van der Waals surface area contributed by atoms with Crippen molar-refractivity contribution >= 4 is 29.3 Å². The molecule has 0 aliphatic carbocycles. The van der Waals surface area contributed by atoms with Crippen LogP contribution in [0.4, 0.5) is 10.5 Å². The van der Waals surface area contributed by atoms with Crippen molar-refractivity contribution in [3.63, 3.8) is 0 Å². The van der Waals surface area contributed by atoms with Crippen molar-refractivity contribution in [3.05, 3.63) is 46.0 Å². The first-order valence-corrected chi connectivity index (χ1v) is 9.19. The van der Waals surface area contributed by atoms with Crippen molar-refractivity contribution in [2.75, 3.05) is 5.32 Å². The molecule has 7 nitrogen and oxygen atoms in total. The predicted octanol–water partition coefficient (Wildman–Crippen LogP) is 4.13. The molecule has 0 unspecified atom stereocenters. The summed E-state index contributed by atoms with van der Waals surface area (Å²) in [6.07, 6.45) is 0.319. The number of nitrogens with one attached hydrogen (secondary N) is 2. The summed E-state index contributed by atoms with van der Waals surface area (Å²) in [5.74, 6) is -0.189. The summed E-state index contributed by atoms with van der Waals surface area (Å²) in [5.41, 5.74) is 2.84. The summed E-state index contributed by atoms with van der Waals surface area (Å²) in [6.45, 7) is 8.39. The molecule has 1 aromatic carbocycles. The van der Waals surface area contributed by atoms with Crippen LogP contribution < -0.4 is 5.32 Å². The molecule has 0 bridgehead atoms. The number of benzene rings is 1. The van der Waals surface area contributed by atoms with Gasteiger partial charge >= 0.3 is 6.09 Å². The summed E-state index contributed by atoms with van der Waals surface area (Å²) in [6, 6.07) is 5.57. The van der Waals surface area contributed by atoms with Crippen molar-refractivity contribution in [2.24, 2.45) is 0 Å². The molecule has 0 radical (unpaired) electrons. The molecule has 0 atom stereocenters. The van der Waals surface area contributed by atoms with Crippen molar-refractivity contribution in [3.8, 4) is 0 Å². The van der Waals surface area contributed by atoms with Gasteiger partial charge in [0.25, 0.3) is 5.91 Å². The van der Waals surface area contributed by atoms with Crippen LogP contribution in [0.15, 0.2) is 18.2 Å². The number of imidazole rings is 1. The van der Waals surface area contributed by atoms with Crippen LogP contribution in [0.25, 0.3) is 0 Å². The van der Waals surface area contributed by atoms with E-state index in [1.807, 2.05) is 39.8 Å². The molecule has 1 aromatic heterocycles. The molecule has 0 fully saturated rings. The number of rotatable bonds is 3. The van der Waals surface area contributed by atoms with E-state index in [9.17, 15) is 9.59 Å². The topological polar surface area (TPSA) is 87.3 Å². The van der Waals surface area contributed by atoms with Crippen molar-refractivity contribution in [2.45, 2.75) is 52.8 Å². The first-order chi connectivity index (χ1) is 12.7. The zero-order valence-corrected chi connectivity index (χ0v) is 16.6. The van der Waals surface area contributed by atoms with Gasteiger partial charge in [-0.1, -0.05) is 24.6 Å². The maximum Gasteiger partial charge on any atom is 0.410 e. The Morgan fingerprint density at radius 2 is 2.00 bits per heavy atom. The Hall–Kier alpha value is -2.54. The number of aryl methyl sites for hydroxylation is 1. The predicted molar refractivity (Wildman–Crippen MR) is 103 cm³/mol. The van der Waals surface area contributed by atoms with E-state index in [1.54, 1.807) is 11.0 Å². The molecule has 0 spiro atoms. The number of ether oxygens (including phenoxy) is 1. The summed E-state index contributed by atoms with van der Waals surface area (Å²) in [7, 11) is 0. The van der Waals surface area contributed by atoms with Crippen LogP contribution in [-0.4, -0.2) is 32.5 Å². The quantitative estimate of drug-likeness (QED) is 0.824. The largest absolute Gasteiger partial charge is 0.444 e. The van der Waals surface area contributed by atoms with Crippen LogP contribution in [0, 0.1) is 0 Å². The highest BCUT2D eigenvalue weighted by molar-refractivity contribution is 6.30. The van der Waals surface area contributed by atoms with Gasteiger partial charge in [0.05, 0.1) is 5.69 Å². The fourth-order valence-electron chi connectivity index (χ4n) is 2.85. The number of hydrogen-bond donors (Lipinski definition) is 2. The molecule has 8 heteroatoms. The van der Waals surface area contributed by atoms with Gasteiger partial charge in [0.2, 0.25) is 0 Å². The van der Waals surface area contributed by atoms with E-state index in [4.69, 9.17) is 16.3 Å². The van der Waals surface area contributed by atoms with Crippen LogP contribution in [0.5, 0.6) is 0 Å². The van der Waals surface area contributed by atoms with Gasteiger partial charge in [0.1, 0.15) is 5.60 Å². The maximum absolute atomic E-state index is 12.4. The smallest absolute Gasteiger partial charge is 0.410 e. The second-order valence-corrected chi connectivity index (χ2v) is 7.84. The number of anilines is 1. The Balaban J connectivity index is 1.68. The van der Waals surface area contributed by atoms with Crippen LogP contribution in [0.1, 0.15) is 55.1 Å². The highest BCUT2D eigenvalue weighted by Crippen LogP contribution is 2.27. The van der Waals surface area contributed by atoms with Gasteiger partial charge in [-0.05, 0) is 50.5 Å². The first-order valence-electron chi connectivity index (χ1n) is 8.81. The first kappa shape index (κ1) is 19.2. The lowest BCUT2D eigenvalue weighted by atomic mass is 10.1. The zero-order chi connectivity index (χ0) is 19.8. The number of nitrogens with zero attached hydrogens (tertiary/aromatic N) is 2. The zero-order valence-electron chi connectivity index (χ0n) is 15.9. The summed E-state index contributed by atoms with van der Waals surface area (Å²) in [4.78, 5) is 33.2. The highest BCUT2D eigenvalue weighted by Gasteiger charge is 2.28. The number of hydrogen-bond acceptors (Lipinski definition) is 4. The van der Waals surface area contributed by atoms with Gasteiger partial charge in [-0.25, -0.2) is 9.78 Å². The number of carbonyl (C=O) groups is 2. The number of aromatic nitrogens is 2. The Morgan fingerprint density at radius 3 is 2.63 bits per heavy atom. The molecular formula is C19H23ClN4O3. The Morgan fingerprint density at radius 1 is 1.30 bits per heavy atom. The molecule has 1 aliphatic rings. The van der Waals surface area contributed by atoms with E-state index in [0.29, 0.717) is 30.4 Å². The minimum atomic E-state index is -0.535. The fraction of sp³-hybridized carbons (Fsp3) is 0.421. The maximum atomic E-state index is 12.4. The van der Waals surface area contributed by atoms with Gasteiger partial charge in [-0.2, -0.15) is 0 Å². The molecule has 2 amide bonds. The molecule has 27 heavy (non-hydrogen) atoms. The molecule has 0 saturated heterocycles. The molecule has 1 aliphatic heterocycles. The summed E-state index contributed by atoms with van der Waals surface area (Å²) < 4.78 is 5.42. The van der Waals surface area contributed by atoms with Gasteiger partial charge in [0, 0.05) is 18.8 Å². The van der Waals surface area contributed by atoms with Crippen molar-refractivity contribution in [1.29, 1.82) is 0 Å².